The van der Waals surface area contributed by atoms with E-state index < -0.39 is 0 Å². The van der Waals surface area contributed by atoms with E-state index in [4.69, 9.17) is 0 Å². The highest BCUT2D eigenvalue weighted by molar-refractivity contribution is 5.83. The highest BCUT2D eigenvalue weighted by atomic mass is 15.0. The number of fused-ring (bicyclic) bond motifs is 1. The summed E-state index contributed by atoms with van der Waals surface area (Å²) in [7, 11) is 0. The number of rotatable bonds is 5. The van der Waals surface area contributed by atoms with E-state index in [0.29, 0.717) is 0 Å². The SMILES string of the molecule is CCNCCn1ccc2cccc(CC)c21. The lowest BCUT2D eigenvalue weighted by Crippen LogP contribution is -2.19. The van der Waals surface area contributed by atoms with Gasteiger partial charge in [-0.25, -0.2) is 0 Å². The Morgan fingerprint density at radius 1 is 1.19 bits per heavy atom. The number of aryl methyl sites for hydroxylation is 1. The van der Waals surface area contributed by atoms with Crippen molar-refractivity contribution in [1.82, 2.24) is 9.88 Å². The van der Waals surface area contributed by atoms with E-state index in [1.807, 2.05) is 0 Å². The number of aromatic nitrogens is 1. The van der Waals surface area contributed by atoms with E-state index in [9.17, 15) is 0 Å². The molecule has 0 fully saturated rings. The van der Waals surface area contributed by atoms with Crippen molar-refractivity contribution >= 4 is 10.9 Å². The van der Waals surface area contributed by atoms with Crippen molar-refractivity contribution in [2.24, 2.45) is 0 Å². The van der Waals surface area contributed by atoms with Gasteiger partial charge in [-0.3, -0.25) is 0 Å². The Morgan fingerprint density at radius 2 is 2.06 bits per heavy atom. The van der Waals surface area contributed by atoms with Gasteiger partial charge < -0.3 is 9.88 Å². The van der Waals surface area contributed by atoms with Crippen LogP contribution in [0.4, 0.5) is 0 Å². The van der Waals surface area contributed by atoms with Crippen LogP contribution in [0.15, 0.2) is 30.5 Å². The lowest BCUT2D eigenvalue weighted by Gasteiger charge is -2.09. The molecule has 0 saturated heterocycles. The van der Waals surface area contributed by atoms with Crippen LogP contribution in [0.5, 0.6) is 0 Å². The Hall–Kier alpha value is -1.28. The molecule has 2 rings (SSSR count). The summed E-state index contributed by atoms with van der Waals surface area (Å²) in [6.45, 7) is 7.49. The normalized spacial score (nSPS) is 11.1. The summed E-state index contributed by atoms with van der Waals surface area (Å²) in [5.74, 6) is 0. The van der Waals surface area contributed by atoms with E-state index in [2.05, 4.69) is 54.2 Å². The fourth-order valence-corrected chi connectivity index (χ4v) is 2.19. The van der Waals surface area contributed by atoms with Crippen molar-refractivity contribution in [2.75, 3.05) is 13.1 Å². The van der Waals surface area contributed by atoms with Gasteiger partial charge in [-0.2, -0.15) is 0 Å². The van der Waals surface area contributed by atoms with E-state index in [-0.39, 0.29) is 0 Å². The van der Waals surface area contributed by atoms with Gasteiger partial charge in [-0.1, -0.05) is 32.0 Å². The van der Waals surface area contributed by atoms with E-state index in [0.717, 1.165) is 26.1 Å². The average molecular weight is 216 g/mol. The van der Waals surface area contributed by atoms with Crippen LogP contribution in [0.2, 0.25) is 0 Å². The fourth-order valence-electron chi connectivity index (χ4n) is 2.19. The van der Waals surface area contributed by atoms with Gasteiger partial charge >= 0.3 is 0 Å². The number of hydrogen-bond donors (Lipinski definition) is 1. The number of nitrogens with one attached hydrogen (secondary N) is 1. The van der Waals surface area contributed by atoms with Crippen LogP contribution in [0.3, 0.4) is 0 Å². The predicted octanol–water partition coefficient (Wildman–Crippen LogP) is 2.81. The Labute approximate surface area is 97.3 Å². The Morgan fingerprint density at radius 3 is 2.81 bits per heavy atom. The molecule has 1 aromatic heterocycles. The predicted molar refractivity (Wildman–Crippen MR) is 69.9 cm³/mol. The summed E-state index contributed by atoms with van der Waals surface area (Å²) in [6.07, 6.45) is 3.30. The third kappa shape index (κ3) is 2.12. The molecule has 2 nitrogen and oxygen atoms in total. The molecule has 0 bridgehead atoms. The van der Waals surface area contributed by atoms with Gasteiger partial charge in [0, 0.05) is 19.3 Å². The summed E-state index contributed by atoms with van der Waals surface area (Å²) >= 11 is 0. The zero-order chi connectivity index (χ0) is 11.4. The standard InChI is InChI=1S/C14H20N2/c1-3-12-6-5-7-13-8-10-16(14(12)13)11-9-15-4-2/h5-8,10,15H,3-4,9,11H2,1-2H3. The third-order valence-electron chi connectivity index (χ3n) is 3.03. The molecule has 1 aromatic carbocycles. The first kappa shape index (κ1) is 11.2. The molecule has 86 valence electrons. The number of benzene rings is 1. The molecule has 1 heterocycles. The zero-order valence-corrected chi connectivity index (χ0v) is 10.2. The van der Waals surface area contributed by atoms with Crippen LogP contribution in [0.1, 0.15) is 19.4 Å². The largest absolute Gasteiger partial charge is 0.346 e. The second-order valence-electron chi connectivity index (χ2n) is 4.07. The van der Waals surface area contributed by atoms with Crippen molar-refractivity contribution in [1.29, 1.82) is 0 Å². The van der Waals surface area contributed by atoms with Crippen molar-refractivity contribution in [3.8, 4) is 0 Å². The van der Waals surface area contributed by atoms with Gasteiger partial charge in [0.2, 0.25) is 0 Å². The molecule has 0 aliphatic carbocycles. The number of likely N-dealkylation sites (N-methyl/N-ethyl adjacent to an activating group) is 1. The first-order valence-electron chi connectivity index (χ1n) is 6.14. The molecule has 1 N–H and O–H groups in total. The molecule has 0 radical (unpaired) electrons. The average Bonchev–Trinajstić information content (AvgIpc) is 2.73. The van der Waals surface area contributed by atoms with Crippen LogP contribution >= 0.6 is 0 Å². The zero-order valence-electron chi connectivity index (χ0n) is 10.2. The molecule has 0 spiro atoms. The molecule has 0 aliphatic rings. The van der Waals surface area contributed by atoms with Crippen LogP contribution in [-0.4, -0.2) is 17.7 Å². The Bertz CT molecular complexity index is 457. The van der Waals surface area contributed by atoms with Gasteiger partial charge in [0.15, 0.2) is 0 Å². The molecule has 0 saturated carbocycles. The maximum Gasteiger partial charge on any atom is 0.0513 e. The minimum absolute atomic E-state index is 1.04. The molecule has 0 amide bonds. The van der Waals surface area contributed by atoms with Gasteiger partial charge in [0.25, 0.3) is 0 Å². The van der Waals surface area contributed by atoms with Crippen molar-refractivity contribution in [3.63, 3.8) is 0 Å². The summed E-state index contributed by atoms with van der Waals surface area (Å²) in [5.41, 5.74) is 2.85. The molecular weight excluding hydrogens is 196 g/mol. The first-order chi connectivity index (χ1) is 7.86. The molecule has 0 unspecified atom stereocenters. The Kier molecular flexibility index (Phi) is 3.62. The monoisotopic (exact) mass is 216 g/mol. The minimum Gasteiger partial charge on any atom is -0.346 e. The lowest BCUT2D eigenvalue weighted by atomic mass is 10.1. The van der Waals surface area contributed by atoms with Gasteiger partial charge in [-0.15, -0.1) is 0 Å². The highest BCUT2D eigenvalue weighted by Gasteiger charge is 2.04. The molecular formula is C14H20N2. The number of hydrogen-bond acceptors (Lipinski definition) is 1. The second-order valence-corrected chi connectivity index (χ2v) is 4.07. The van der Waals surface area contributed by atoms with Crippen LogP contribution < -0.4 is 5.32 Å². The van der Waals surface area contributed by atoms with Crippen molar-refractivity contribution in [2.45, 2.75) is 26.8 Å². The second kappa shape index (κ2) is 5.17. The molecule has 0 atom stereocenters. The first-order valence-corrected chi connectivity index (χ1v) is 6.14. The van der Waals surface area contributed by atoms with Crippen molar-refractivity contribution < 1.29 is 0 Å². The summed E-state index contributed by atoms with van der Waals surface area (Å²) < 4.78 is 2.36. The molecule has 0 aliphatic heterocycles. The van der Waals surface area contributed by atoms with Crippen LogP contribution in [-0.2, 0) is 13.0 Å². The quantitative estimate of drug-likeness (QED) is 0.760. The fraction of sp³-hybridized carbons (Fsp3) is 0.429. The van der Waals surface area contributed by atoms with Crippen LogP contribution in [0.25, 0.3) is 10.9 Å². The third-order valence-corrected chi connectivity index (χ3v) is 3.03. The van der Waals surface area contributed by atoms with Crippen LogP contribution in [0, 0.1) is 0 Å². The summed E-state index contributed by atoms with van der Waals surface area (Å²) in [4.78, 5) is 0. The number of nitrogens with zero attached hydrogens (tertiary/aromatic N) is 1. The topological polar surface area (TPSA) is 17.0 Å². The van der Waals surface area contributed by atoms with E-state index >= 15 is 0 Å². The smallest absolute Gasteiger partial charge is 0.0513 e. The number of para-hydroxylation sites is 1. The maximum atomic E-state index is 3.37. The summed E-state index contributed by atoms with van der Waals surface area (Å²) in [6, 6.07) is 8.78. The summed E-state index contributed by atoms with van der Waals surface area (Å²) in [5, 5.41) is 4.73. The Balaban J connectivity index is 2.30. The molecule has 2 heteroatoms. The van der Waals surface area contributed by atoms with Gasteiger partial charge in [0.05, 0.1) is 5.52 Å². The van der Waals surface area contributed by atoms with E-state index in [1.54, 1.807) is 0 Å². The molecule has 16 heavy (non-hydrogen) atoms. The minimum atomic E-state index is 1.04. The van der Waals surface area contributed by atoms with Gasteiger partial charge in [-0.05, 0) is 30.0 Å². The highest BCUT2D eigenvalue weighted by Crippen LogP contribution is 2.20. The maximum absolute atomic E-state index is 3.37. The van der Waals surface area contributed by atoms with Gasteiger partial charge in [0.1, 0.15) is 0 Å². The van der Waals surface area contributed by atoms with E-state index in [1.165, 1.54) is 16.5 Å². The van der Waals surface area contributed by atoms with Crippen molar-refractivity contribution in [3.05, 3.63) is 36.0 Å². The molecule has 2 aromatic rings. The lowest BCUT2D eigenvalue weighted by molar-refractivity contribution is 0.626.